The number of imide groups is 1. The Kier molecular flexibility index (Phi) is 3.95. The Bertz CT molecular complexity index is 706. The largest absolute Gasteiger partial charge is 0.507 e. The van der Waals surface area contributed by atoms with E-state index in [0.29, 0.717) is 25.9 Å². The molecular formula is C17H21N3O4. The van der Waals surface area contributed by atoms with Gasteiger partial charge in [0.25, 0.3) is 11.8 Å². The van der Waals surface area contributed by atoms with Crippen molar-refractivity contribution in [3.8, 4) is 5.75 Å². The topological polar surface area (TPSA) is 98.7 Å². The van der Waals surface area contributed by atoms with E-state index in [0.717, 1.165) is 5.56 Å². The summed E-state index contributed by atoms with van der Waals surface area (Å²) in [6.45, 7) is 4.72. The van der Waals surface area contributed by atoms with Gasteiger partial charge in [0.2, 0.25) is 0 Å². The highest BCUT2D eigenvalue weighted by atomic mass is 16.3. The number of carbonyl (C=O) groups excluding carboxylic acids is 3. The van der Waals surface area contributed by atoms with Crippen LogP contribution in [-0.4, -0.2) is 46.5 Å². The van der Waals surface area contributed by atoms with Crippen LogP contribution < -0.4 is 10.6 Å². The predicted octanol–water partition coefficient (Wildman–Crippen LogP) is 1.33. The number of piperidine rings is 1. The van der Waals surface area contributed by atoms with Gasteiger partial charge >= 0.3 is 6.03 Å². The molecule has 24 heavy (non-hydrogen) atoms. The highest BCUT2D eigenvalue weighted by Gasteiger charge is 2.48. The number of rotatable bonds is 2. The Hall–Kier alpha value is -2.57. The highest BCUT2D eigenvalue weighted by molar-refractivity contribution is 6.07. The van der Waals surface area contributed by atoms with Crippen molar-refractivity contribution >= 4 is 17.8 Å². The van der Waals surface area contributed by atoms with E-state index in [1.54, 1.807) is 17.0 Å². The van der Waals surface area contributed by atoms with E-state index in [1.165, 1.54) is 0 Å². The van der Waals surface area contributed by atoms with Crippen molar-refractivity contribution in [1.29, 1.82) is 0 Å². The number of benzene rings is 1. The van der Waals surface area contributed by atoms with Crippen LogP contribution in [0.15, 0.2) is 18.2 Å². The van der Waals surface area contributed by atoms with Crippen molar-refractivity contribution in [2.24, 2.45) is 0 Å². The lowest BCUT2D eigenvalue weighted by Crippen LogP contribution is -2.55. The fourth-order valence-electron chi connectivity index (χ4n) is 3.23. The van der Waals surface area contributed by atoms with Crippen molar-refractivity contribution in [2.75, 3.05) is 13.1 Å². The van der Waals surface area contributed by atoms with Crippen LogP contribution in [0, 0.1) is 0 Å². The molecule has 7 nitrogen and oxygen atoms in total. The van der Waals surface area contributed by atoms with Crippen LogP contribution in [0.1, 0.15) is 48.5 Å². The van der Waals surface area contributed by atoms with Crippen molar-refractivity contribution in [2.45, 2.75) is 38.1 Å². The third kappa shape index (κ3) is 2.70. The maximum Gasteiger partial charge on any atom is 0.322 e. The maximum atomic E-state index is 12.6. The van der Waals surface area contributed by atoms with Gasteiger partial charge in [-0.25, -0.2) is 4.79 Å². The third-order valence-electron chi connectivity index (χ3n) is 4.84. The van der Waals surface area contributed by atoms with Crippen LogP contribution in [-0.2, 0) is 4.79 Å². The standard InChI is InChI=1S/C17H21N3O4/c1-10(2)11-3-4-12(13(21)9-11)14(22)20-7-5-17(6-8-20)15(23)18-16(24)19-17/h3-4,9-10,21H,5-8H2,1-2H3,(H2,18,19,23,24). The van der Waals surface area contributed by atoms with Crippen LogP contribution in [0.5, 0.6) is 5.75 Å². The first kappa shape index (κ1) is 16.3. The Labute approximate surface area is 140 Å². The molecule has 1 aromatic carbocycles. The average molecular weight is 331 g/mol. The second kappa shape index (κ2) is 5.81. The monoisotopic (exact) mass is 331 g/mol. The molecule has 2 heterocycles. The summed E-state index contributed by atoms with van der Waals surface area (Å²) in [4.78, 5) is 37.5. The van der Waals surface area contributed by atoms with E-state index in [9.17, 15) is 19.5 Å². The first-order valence-corrected chi connectivity index (χ1v) is 8.08. The van der Waals surface area contributed by atoms with Crippen LogP contribution >= 0.6 is 0 Å². The smallest absolute Gasteiger partial charge is 0.322 e. The molecule has 1 aromatic rings. The van der Waals surface area contributed by atoms with Gasteiger partial charge in [-0.15, -0.1) is 0 Å². The van der Waals surface area contributed by atoms with Gasteiger partial charge in [0.15, 0.2) is 0 Å². The SMILES string of the molecule is CC(C)c1ccc(C(=O)N2CCC3(CC2)NC(=O)NC3=O)c(O)c1. The minimum Gasteiger partial charge on any atom is -0.507 e. The molecule has 0 aromatic heterocycles. The van der Waals surface area contributed by atoms with Crippen LogP contribution in [0.25, 0.3) is 0 Å². The number of nitrogens with one attached hydrogen (secondary N) is 2. The molecule has 0 atom stereocenters. The second-order valence-corrected chi connectivity index (χ2v) is 6.71. The minimum absolute atomic E-state index is 0.0293. The average Bonchev–Trinajstić information content (AvgIpc) is 2.81. The molecule has 3 N–H and O–H groups in total. The molecule has 0 radical (unpaired) electrons. The Morgan fingerprint density at radius 3 is 2.42 bits per heavy atom. The van der Waals surface area contributed by atoms with Crippen LogP contribution in [0.2, 0.25) is 0 Å². The third-order valence-corrected chi connectivity index (χ3v) is 4.84. The lowest BCUT2D eigenvalue weighted by Gasteiger charge is -2.37. The minimum atomic E-state index is -0.905. The predicted molar refractivity (Wildman–Crippen MR) is 86.7 cm³/mol. The van der Waals surface area contributed by atoms with E-state index in [-0.39, 0.29) is 29.0 Å². The molecule has 128 valence electrons. The Morgan fingerprint density at radius 2 is 1.92 bits per heavy atom. The van der Waals surface area contributed by atoms with Crippen molar-refractivity contribution in [3.63, 3.8) is 0 Å². The summed E-state index contributed by atoms with van der Waals surface area (Å²) in [6, 6.07) is 4.62. The highest BCUT2D eigenvalue weighted by Crippen LogP contribution is 2.29. The number of hydrogen-bond acceptors (Lipinski definition) is 4. The number of hydrogen-bond donors (Lipinski definition) is 3. The molecule has 2 aliphatic heterocycles. The van der Waals surface area contributed by atoms with Crippen LogP contribution in [0.4, 0.5) is 4.79 Å². The first-order valence-electron chi connectivity index (χ1n) is 8.08. The Balaban J connectivity index is 1.72. The van der Waals surface area contributed by atoms with Gasteiger partial charge in [0, 0.05) is 13.1 Å². The molecule has 1 spiro atoms. The van der Waals surface area contributed by atoms with E-state index in [1.807, 2.05) is 19.9 Å². The number of likely N-dealkylation sites (tertiary alicyclic amines) is 1. The van der Waals surface area contributed by atoms with E-state index in [2.05, 4.69) is 10.6 Å². The summed E-state index contributed by atoms with van der Waals surface area (Å²) in [5.41, 5.74) is 0.319. The molecule has 2 fully saturated rings. The normalized spacial score (nSPS) is 19.5. The summed E-state index contributed by atoms with van der Waals surface area (Å²) in [6.07, 6.45) is 0.725. The Morgan fingerprint density at radius 1 is 1.25 bits per heavy atom. The molecule has 0 bridgehead atoms. The number of aromatic hydroxyl groups is 1. The number of nitrogens with zero attached hydrogens (tertiary/aromatic N) is 1. The van der Waals surface area contributed by atoms with E-state index >= 15 is 0 Å². The van der Waals surface area contributed by atoms with Gasteiger partial charge in [-0.3, -0.25) is 14.9 Å². The molecule has 3 rings (SSSR count). The molecule has 0 aliphatic carbocycles. The van der Waals surface area contributed by atoms with Gasteiger partial charge in [0.05, 0.1) is 5.56 Å². The summed E-state index contributed by atoms with van der Waals surface area (Å²) in [7, 11) is 0. The summed E-state index contributed by atoms with van der Waals surface area (Å²) < 4.78 is 0. The van der Waals surface area contributed by atoms with Gasteiger partial charge in [-0.2, -0.15) is 0 Å². The first-order chi connectivity index (χ1) is 11.3. The molecule has 7 heteroatoms. The number of urea groups is 1. The van der Waals surface area contributed by atoms with Crippen molar-refractivity contribution in [3.05, 3.63) is 29.3 Å². The summed E-state index contributed by atoms with van der Waals surface area (Å²) >= 11 is 0. The van der Waals surface area contributed by atoms with Crippen molar-refractivity contribution < 1.29 is 19.5 Å². The number of phenols is 1. The fourth-order valence-corrected chi connectivity index (χ4v) is 3.23. The van der Waals surface area contributed by atoms with E-state index in [4.69, 9.17) is 0 Å². The second-order valence-electron chi connectivity index (χ2n) is 6.71. The molecular weight excluding hydrogens is 310 g/mol. The number of phenolic OH excluding ortho intramolecular Hbond substituents is 1. The van der Waals surface area contributed by atoms with Gasteiger partial charge in [-0.05, 0) is 36.5 Å². The molecule has 2 aliphatic rings. The summed E-state index contributed by atoms with van der Waals surface area (Å²) in [5, 5.41) is 15.1. The zero-order chi connectivity index (χ0) is 17.5. The zero-order valence-corrected chi connectivity index (χ0v) is 13.8. The molecule has 0 saturated carbocycles. The van der Waals surface area contributed by atoms with Gasteiger partial charge < -0.3 is 15.3 Å². The van der Waals surface area contributed by atoms with E-state index < -0.39 is 11.6 Å². The lowest BCUT2D eigenvalue weighted by molar-refractivity contribution is -0.125. The molecule has 0 unspecified atom stereocenters. The number of amides is 4. The molecule has 4 amide bonds. The van der Waals surface area contributed by atoms with Gasteiger partial charge in [0.1, 0.15) is 11.3 Å². The summed E-state index contributed by atoms with van der Waals surface area (Å²) in [5.74, 6) is -0.357. The fraction of sp³-hybridized carbons (Fsp3) is 0.471. The van der Waals surface area contributed by atoms with Crippen LogP contribution in [0.3, 0.4) is 0 Å². The maximum absolute atomic E-state index is 12.6. The number of carbonyl (C=O) groups is 3. The molecule has 2 saturated heterocycles. The van der Waals surface area contributed by atoms with Gasteiger partial charge in [-0.1, -0.05) is 19.9 Å². The zero-order valence-electron chi connectivity index (χ0n) is 13.8. The lowest BCUT2D eigenvalue weighted by atomic mass is 9.87. The van der Waals surface area contributed by atoms with Crippen molar-refractivity contribution in [1.82, 2.24) is 15.5 Å². The quantitative estimate of drug-likeness (QED) is 0.712.